The van der Waals surface area contributed by atoms with Crippen LogP contribution in [0.25, 0.3) is 0 Å². The molecule has 0 saturated heterocycles. The predicted molar refractivity (Wildman–Crippen MR) is 73.6 cm³/mol. The molecule has 0 saturated carbocycles. The van der Waals surface area contributed by atoms with Gasteiger partial charge in [-0.25, -0.2) is 4.68 Å². The minimum Gasteiger partial charge on any atom is -0.354 e. The smallest absolute Gasteiger partial charge is 0.241 e. The highest BCUT2D eigenvalue weighted by Gasteiger charge is 2.05. The Morgan fingerprint density at radius 1 is 1.45 bits per heavy atom. The van der Waals surface area contributed by atoms with E-state index in [-0.39, 0.29) is 18.1 Å². The largest absolute Gasteiger partial charge is 0.354 e. The Hall–Kier alpha value is -2.21. The number of aromatic nitrogens is 3. The van der Waals surface area contributed by atoms with Crippen LogP contribution in [0.4, 0.5) is 0 Å². The Bertz CT molecular complexity index is 612. The summed E-state index contributed by atoms with van der Waals surface area (Å²) in [7, 11) is 0. The number of aldehydes is 1. The summed E-state index contributed by atoms with van der Waals surface area (Å²) in [4.78, 5) is 22.1. The fraction of sp³-hybridized carbons (Fsp3) is 0.231. The highest BCUT2D eigenvalue weighted by Crippen LogP contribution is 2.10. The number of amides is 1. The fourth-order valence-corrected chi connectivity index (χ4v) is 1.90. The van der Waals surface area contributed by atoms with Gasteiger partial charge >= 0.3 is 0 Å². The first-order chi connectivity index (χ1) is 9.67. The van der Waals surface area contributed by atoms with Gasteiger partial charge in [-0.05, 0) is 24.1 Å². The van der Waals surface area contributed by atoms with Crippen LogP contribution in [0.1, 0.15) is 16.1 Å². The number of rotatable bonds is 6. The van der Waals surface area contributed by atoms with Crippen molar-refractivity contribution in [3.05, 3.63) is 46.7 Å². The molecule has 0 bridgehead atoms. The molecular weight excluding hydrogens is 280 g/mol. The van der Waals surface area contributed by atoms with Crippen molar-refractivity contribution in [3.63, 3.8) is 0 Å². The minimum absolute atomic E-state index is 0.0381. The van der Waals surface area contributed by atoms with Crippen LogP contribution in [0.5, 0.6) is 0 Å². The van der Waals surface area contributed by atoms with Gasteiger partial charge in [0, 0.05) is 11.6 Å². The second kappa shape index (κ2) is 6.81. The Kier molecular flexibility index (Phi) is 4.84. The molecule has 7 heteroatoms. The molecule has 0 unspecified atom stereocenters. The van der Waals surface area contributed by atoms with E-state index >= 15 is 0 Å². The number of halogens is 1. The third kappa shape index (κ3) is 4.17. The third-order valence-electron chi connectivity index (χ3n) is 2.61. The number of benzene rings is 1. The Balaban J connectivity index is 1.76. The molecule has 0 spiro atoms. The fourth-order valence-electron chi connectivity index (χ4n) is 1.69. The van der Waals surface area contributed by atoms with E-state index in [0.717, 1.165) is 5.56 Å². The number of carbonyl (C=O) groups is 2. The van der Waals surface area contributed by atoms with E-state index in [2.05, 4.69) is 15.6 Å². The molecule has 2 aromatic rings. The molecule has 0 fully saturated rings. The molecule has 1 heterocycles. The lowest BCUT2D eigenvalue weighted by Gasteiger charge is -2.05. The van der Waals surface area contributed by atoms with Gasteiger partial charge in [-0.2, -0.15) is 0 Å². The van der Waals surface area contributed by atoms with Crippen molar-refractivity contribution in [1.82, 2.24) is 20.3 Å². The van der Waals surface area contributed by atoms with Gasteiger partial charge in [0.15, 0.2) is 6.29 Å². The van der Waals surface area contributed by atoms with Gasteiger partial charge in [0.05, 0.1) is 6.20 Å². The summed E-state index contributed by atoms with van der Waals surface area (Å²) in [6.45, 7) is 0.546. The van der Waals surface area contributed by atoms with Gasteiger partial charge in [0.2, 0.25) is 5.91 Å². The van der Waals surface area contributed by atoms with Crippen molar-refractivity contribution in [3.8, 4) is 0 Å². The van der Waals surface area contributed by atoms with E-state index in [9.17, 15) is 9.59 Å². The first-order valence-corrected chi connectivity index (χ1v) is 6.41. The van der Waals surface area contributed by atoms with Crippen LogP contribution in [0.2, 0.25) is 5.02 Å². The lowest BCUT2D eigenvalue weighted by molar-refractivity contribution is -0.121. The molecule has 0 radical (unpaired) electrons. The second-order valence-corrected chi connectivity index (χ2v) is 4.63. The molecule has 6 nitrogen and oxygen atoms in total. The van der Waals surface area contributed by atoms with Gasteiger partial charge in [0.25, 0.3) is 0 Å². The predicted octanol–water partition coefficient (Wildman–Crippen LogP) is 1.10. The zero-order chi connectivity index (χ0) is 14.4. The van der Waals surface area contributed by atoms with Gasteiger partial charge < -0.3 is 5.32 Å². The Morgan fingerprint density at radius 3 is 3.00 bits per heavy atom. The van der Waals surface area contributed by atoms with Crippen LogP contribution in [0.15, 0.2) is 30.5 Å². The lowest BCUT2D eigenvalue weighted by Crippen LogP contribution is -2.29. The average molecular weight is 293 g/mol. The second-order valence-electron chi connectivity index (χ2n) is 4.19. The summed E-state index contributed by atoms with van der Waals surface area (Å²) in [5, 5.41) is 10.7. The molecular formula is C13H13ClN4O2. The van der Waals surface area contributed by atoms with Crippen LogP contribution in [-0.4, -0.2) is 33.7 Å². The summed E-state index contributed by atoms with van der Waals surface area (Å²) in [6.07, 6.45) is 2.70. The molecule has 1 N–H and O–H groups in total. The maximum absolute atomic E-state index is 11.7. The minimum atomic E-state index is -0.186. The van der Waals surface area contributed by atoms with Crippen molar-refractivity contribution in [1.29, 1.82) is 0 Å². The lowest BCUT2D eigenvalue weighted by atomic mass is 10.1. The molecule has 0 aliphatic rings. The van der Waals surface area contributed by atoms with Crippen molar-refractivity contribution in [2.24, 2.45) is 0 Å². The van der Waals surface area contributed by atoms with Crippen molar-refractivity contribution in [2.45, 2.75) is 13.0 Å². The highest BCUT2D eigenvalue weighted by molar-refractivity contribution is 6.30. The van der Waals surface area contributed by atoms with E-state index < -0.39 is 0 Å². The molecule has 0 aliphatic carbocycles. The maximum atomic E-state index is 11.7. The van der Waals surface area contributed by atoms with E-state index in [0.29, 0.717) is 24.3 Å². The molecule has 1 aromatic heterocycles. The third-order valence-corrected chi connectivity index (χ3v) is 2.84. The quantitative estimate of drug-likeness (QED) is 0.809. The van der Waals surface area contributed by atoms with E-state index in [1.165, 1.54) is 10.9 Å². The summed E-state index contributed by atoms with van der Waals surface area (Å²) >= 11 is 5.88. The van der Waals surface area contributed by atoms with Crippen LogP contribution in [0.3, 0.4) is 0 Å². The van der Waals surface area contributed by atoms with Crippen molar-refractivity contribution in [2.75, 3.05) is 6.54 Å². The molecule has 20 heavy (non-hydrogen) atoms. The Labute approximate surface area is 120 Å². The van der Waals surface area contributed by atoms with Crippen molar-refractivity contribution >= 4 is 23.8 Å². The normalized spacial score (nSPS) is 10.2. The van der Waals surface area contributed by atoms with Crippen molar-refractivity contribution < 1.29 is 9.59 Å². The molecule has 0 atom stereocenters. The first-order valence-electron chi connectivity index (χ1n) is 6.04. The summed E-state index contributed by atoms with van der Waals surface area (Å²) in [5.74, 6) is -0.186. The number of hydrogen-bond acceptors (Lipinski definition) is 4. The number of carbonyl (C=O) groups excluding carboxylic acids is 2. The van der Waals surface area contributed by atoms with Crippen LogP contribution < -0.4 is 5.32 Å². The monoisotopic (exact) mass is 292 g/mol. The van der Waals surface area contributed by atoms with Gasteiger partial charge in [-0.1, -0.05) is 28.9 Å². The Morgan fingerprint density at radius 2 is 2.30 bits per heavy atom. The molecule has 1 amide bonds. The number of nitrogens with zero attached hydrogens (tertiary/aromatic N) is 3. The SMILES string of the molecule is O=Cc1cn(CC(=O)NCCc2cccc(Cl)c2)nn1. The summed E-state index contributed by atoms with van der Waals surface area (Å²) < 4.78 is 1.32. The molecule has 104 valence electrons. The van der Waals surface area contributed by atoms with E-state index in [1.54, 1.807) is 6.07 Å². The number of nitrogens with one attached hydrogen (secondary N) is 1. The van der Waals surface area contributed by atoms with Crippen LogP contribution >= 0.6 is 11.6 Å². The van der Waals surface area contributed by atoms with Crippen LogP contribution in [0, 0.1) is 0 Å². The summed E-state index contributed by atoms with van der Waals surface area (Å²) in [5.41, 5.74) is 1.26. The van der Waals surface area contributed by atoms with Gasteiger partial charge in [0.1, 0.15) is 12.2 Å². The highest BCUT2D eigenvalue weighted by atomic mass is 35.5. The maximum Gasteiger partial charge on any atom is 0.241 e. The van der Waals surface area contributed by atoms with Gasteiger partial charge in [-0.15, -0.1) is 5.10 Å². The molecule has 0 aliphatic heterocycles. The topological polar surface area (TPSA) is 76.9 Å². The van der Waals surface area contributed by atoms with E-state index in [1.807, 2.05) is 18.2 Å². The number of hydrogen-bond donors (Lipinski definition) is 1. The summed E-state index contributed by atoms with van der Waals surface area (Å²) in [6, 6.07) is 7.49. The zero-order valence-electron chi connectivity index (χ0n) is 10.6. The zero-order valence-corrected chi connectivity index (χ0v) is 11.4. The average Bonchev–Trinajstić information content (AvgIpc) is 2.86. The van der Waals surface area contributed by atoms with E-state index in [4.69, 9.17) is 11.6 Å². The molecule has 2 rings (SSSR count). The standard InChI is InChI=1S/C13H13ClN4O2/c14-11-3-1-2-10(6-11)4-5-15-13(20)8-18-7-12(9-19)16-17-18/h1-3,6-7,9H,4-5,8H2,(H,15,20). The molecule has 1 aromatic carbocycles. The van der Waals surface area contributed by atoms with Crippen LogP contribution in [-0.2, 0) is 17.8 Å². The first kappa shape index (κ1) is 14.2. The van der Waals surface area contributed by atoms with Gasteiger partial charge in [-0.3, -0.25) is 9.59 Å².